The Morgan fingerprint density at radius 3 is 2.30 bits per heavy atom. The highest BCUT2D eigenvalue weighted by molar-refractivity contribution is 7.89. The molecule has 9 heteroatoms. The zero-order valence-corrected chi connectivity index (χ0v) is 17.4. The highest BCUT2D eigenvalue weighted by Gasteiger charge is 2.32. The first kappa shape index (κ1) is 19.9. The third-order valence-corrected chi connectivity index (χ3v) is 7.22. The fourth-order valence-electron chi connectivity index (χ4n) is 2.95. The van der Waals surface area contributed by atoms with E-state index in [2.05, 4.69) is 10.3 Å². The molecule has 1 N–H and O–H groups in total. The Hall–Kier alpha value is -1.81. The van der Waals surface area contributed by atoms with Gasteiger partial charge in [-0.1, -0.05) is 0 Å². The van der Waals surface area contributed by atoms with Gasteiger partial charge in [0, 0.05) is 23.5 Å². The second-order valence-corrected chi connectivity index (χ2v) is 9.86. The Labute approximate surface area is 163 Å². The van der Waals surface area contributed by atoms with E-state index in [9.17, 15) is 13.2 Å². The molecule has 1 aromatic carbocycles. The SMILES string of the molecule is Cc1nc(NC(=O)c2ccc(S(=O)(=O)N3C[C@@H](C)O[C@H](C)C3)cc2)sc1C. The van der Waals surface area contributed by atoms with Crippen LogP contribution >= 0.6 is 11.3 Å². The third kappa shape index (κ3) is 4.37. The third-order valence-electron chi connectivity index (χ3n) is 4.39. The summed E-state index contributed by atoms with van der Waals surface area (Å²) in [5, 5.41) is 3.28. The van der Waals surface area contributed by atoms with Crippen molar-refractivity contribution < 1.29 is 17.9 Å². The molecule has 146 valence electrons. The summed E-state index contributed by atoms with van der Waals surface area (Å²) in [5.41, 5.74) is 1.26. The molecule has 1 saturated heterocycles. The van der Waals surface area contributed by atoms with Crippen molar-refractivity contribution in [2.75, 3.05) is 18.4 Å². The van der Waals surface area contributed by atoms with E-state index in [1.54, 1.807) is 0 Å². The maximum Gasteiger partial charge on any atom is 0.257 e. The van der Waals surface area contributed by atoms with E-state index in [0.717, 1.165) is 10.6 Å². The number of sulfonamides is 1. The molecule has 0 unspecified atom stereocenters. The van der Waals surface area contributed by atoms with Crippen LogP contribution in [0.5, 0.6) is 0 Å². The van der Waals surface area contributed by atoms with E-state index in [4.69, 9.17) is 4.74 Å². The molecule has 0 aliphatic carbocycles. The summed E-state index contributed by atoms with van der Waals surface area (Å²) in [6, 6.07) is 5.96. The molecule has 27 heavy (non-hydrogen) atoms. The van der Waals surface area contributed by atoms with Crippen molar-refractivity contribution in [2.45, 2.75) is 44.8 Å². The summed E-state index contributed by atoms with van der Waals surface area (Å²) in [4.78, 5) is 17.9. The Kier molecular flexibility index (Phi) is 5.66. The molecule has 1 aliphatic rings. The Morgan fingerprint density at radius 2 is 1.78 bits per heavy atom. The van der Waals surface area contributed by atoms with Gasteiger partial charge in [0.05, 0.1) is 22.8 Å². The van der Waals surface area contributed by atoms with Crippen LogP contribution in [0.15, 0.2) is 29.2 Å². The topological polar surface area (TPSA) is 88.6 Å². The van der Waals surface area contributed by atoms with Gasteiger partial charge in [0.1, 0.15) is 0 Å². The second-order valence-electron chi connectivity index (χ2n) is 6.72. The molecular weight excluding hydrogens is 386 g/mol. The van der Waals surface area contributed by atoms with Crippen molar-refractivity contribution in [2.24, 2.45) is 0 Å². The van der Waals surface area contributed by atoms with Crippen LogP contribution in [0.2, 0.25) is 0 Å². The minimum absolute atomic E-state index is 0.154. The first-order valence-corrected chi connectivity index (χ1v) is 10.9. The van der Waals surface area contributed by atoms with Crippen molar-refractivity contribution in [1.82, 2.24) is 9.29 Å². The molecule has 0 bridgehead atoms. The molecule has 1 amide bonds. The largest absolute Gasteiger partial charge is 0.373 e. The van der Waals surface area contributed by atoms with Crippen LogP contribution < -0.4 is 5.32 Å². The number of anilines is 1. The van der Waals surface area contributed by atoms with Crippen LogP contribution in [-0.4, -0.2) is 48.9 Å². The molecule has 3 rings (SSSR count). The quantitative estimate of drug-likeness (QED) is 0.839. The van der Waals surface area contributed by atoms with Crippen LogP contribution in [0.3, 0.4) is 0 Å². The van der Waals surface area contributed by atoms with Crippen LogP contribution in [0.25, 0.3) is 0 Å². The fraction of sp³-hybridized carbons (Fsp3) is 0.444. The summed E-state index contributed by atoms with van der Waals surface area (Å²) in [5.74, 6) is -0.318. The number of carbonyl (C=O) groups is 1. The molecule has 7 nitrogen and oxygen atoms in total. The van der Waals surface area contributed by atoms with E-state index in [0.29, 0.717) is 23.8 Å². The molecule has 1 aromatic heterocycles. The lowest BCUT2D eigenvalue weighted by Crippen LogP contribution is -2.48. The molecule has 2 atom stereocenters. The number of hydrogen-bond acceptors (Lipinski definition) is 6. The van der Waals surface area contributed by atoms with E-state index in [-0.39, 0.29) is 23.0 Å². The van der Waals surface area contributed by atoms with Gasteiger partial charge in [0.2, 0.25) is 10.0 Å². The molecule has 2 heterocycles. The molecule has 1 fully saturated rings. The van der Waals surface area contributed by atoms with Gasteiger partial charge in [0.15, 0.2) is 5.13 Å². The van der Waals surface area contributed by atoms with Crippen LogP contribution in [0.1, 0.15) is 34.8 Å². The standard InChI is InChI=1S/C18H23N3O4S2/c1-11-9-21(10-12(2)25-11)27(23,24)16-7-5-15(6-8-16)17(22)20-18-19-13(3)14(4)26-18/h5-8,11-12H,9-10H2,1-4H3,(H,19,20,22)/t11-,12-/m1/s1. The predicted octanol–water partition coefficient (Wildman–Crippen LogP) is 2.81. The van der Waals surface area contributed by atoms with Crippen molar-refractivity contribution in [3.05, 3.63) is 40.4 Å². The molecule has 1 aliphatic heterocycles. The number of aryl methyl sites for hydroxylation is 2. The first-order chi connectivity index (χ1) is 12.7. The molecule has 0 radical (unpaired) electrons. The smallest absolute Gasteiger partial charge is 0.257 e. The summed E-state index contributed by atoms with van der Waals surface area (Å²) >= 11 is 1.41. The van der Waals surface area contributed by atoms with Gasteiger partial charge in [0.25, 0.3) is 5.91 Å². The lowest BCUT2D eigenvalue weighted by Gasteiger charge is -2.34. The number of hydrogen-bond donors (Lipinski definition) is 1. The first-order valence-electron chi connectivity index (χ1n) is 8.68. The average Bonchev–Trinajstić information content (AvgIpc) is 2.91. The summed E-state index contributed by atoms with van der Waals surface area (Å²) in [7, 11) is -3.62. The number of rotatable bonds is 4. The number of amides is 1. The highest BCUT2D eigenvalue weighted by atomic mass is 32.2. The zero-order chi connectivity index (χ0) is 19.8. The number of aromatic nitrogens is 1. The van der Waals surface area contributed by atoms with Crippen molar-refractivity contribution in [3.63, 3.8) is 0 Å². The number of benzene rings is 1. The Morgan fingerprint density at radius 1 is 1.19 bits per heavy atom. The zero-order valence-electron chi connectivity index (χ0n) is 15.7. The lowest BCUT2D eigenvalue weighted by molar-refractivity contribution is -0.0440. The fourth-order valence-corrected chi connectivity index (χ4v) is 5.35. The Balaban J connectivity index is 1.75. The van der Waals surface area contributed by atoms with E-state index < -0.39 is 10.0 Å². The Bertz CT molecular complexity index is 909. The number of ether oxygens (including phenoxy) is 1. The van der Waals surface area contributed by atoms with Gasteiger partial charge in [-0.3, -0.25) is 10.1 Å². The summed E-state index contributed by atoms with van der Waals surface area (Å²) in [6.07, 6.45) is -0.308. The summed E-state index contributed by atoms with van der Waals surface area (Å²) in [6.45, 7) is 8.17. The highest BCUT2D eigenvalue weighted by Crippen LogP contribution is 2.23. The maximum atomic E-state index is 12.9. The lowest BCUT2D eigenvalue weighted by atomic mass is 10.2. The van der Waals surface area contributed by atoms with Gasteiger partial charge < -0.3 is 4.74 Å². The second kappa shape index (κ2) is 7.67. The van der Waals surface area contributed by atoms with Crippen molar-refractivity contribution >= 4 is 32.4 Å². The molecule has 2 aromatic rings. The number of nitrogens with zero attached hydrogens (tertiary/aromatic N) is 2. The van der Waals surface area contributed by atoms with Gasteiger partial charge in [-0.25, -0.2) is 13.4 Å². The number of morpholine rings is 1. The van der Waals surface area contributed by atoms with Gasteiger partial charge >= 0.3 is 0 Å². The predicted molar refractivity (Wildman–Crippen MR) is 105 cm³/mol. The maximum absolute atomic E-state index is 12.9. The van der Waals surface area contributed by atoms with Crippen LogP contribution in [0.4, 0.5) is 5.13 Å². The normalized spacial score (nSPS) is 21.2. The average molecular weight is 410 g/mol. The molecule has 0 spiro atoms. The number of thiazole rings is 1. The number of carbonyl (C=O) groups excluding carboxylic acids is 1. The van der Waals surface area contributed by atoms with E-state index >= 15 is 0 Å². The monoisotopic (exact) mass is 409 g/mol. The van der Waals surface area contributed by atoms with Crippen LogP contribution in [0, 0.1) is 13.8 Å². The number of nitrogens with one attached hydrogen (secondary N) is 1. The van der Waals surface area contributed by atoms with E-state index in [1.807, 2.05) is 27.7 Å². The van der Waals surface area contributed by atoms with Crippen molar-refractivity contribution in [3.8, 4) is 0 Å². The molecular formula is C18H23N3O4S2. The van der Waals surface area contributed by atoms with Crippen molar-refractivity contribution in [1.29, 1.82) is 0 Å². The van der Waals surface area contributed by atoms with Gasteiger partial charge in [-0.2, -0.15) is 4.31 Å². The van der Waals surface area contributed by atoms with Gasteiger partial charge in [-0.05, 0) is 52.0 Å². The summed E-state index contributed by atoms with van der Waals surface area (Å²) < 4.78 is 32.7. The minimum atomic E-state index is -3.62. The van der Waals surface area contributed by atoms with Gasteiger partial charge in [-0.15, -0.1) is 11.3 Å². The minimum Gasteiger partial charge on any atom is -0.373 e. The van der Waals surface area contributed by atoms with E-state index in [1.165, 1.54) is 39.9 Å². The van der Waals surface area contributed by atoms with Crippen LogP contribution in [-0.2, 0) is 14.8 Å². The molecule has 0 saturated carbocycles.